The normalized spacial score (nSPS) is 16.2. The number of unbranched alkanes of at least 4 members (excludes halogenated alkanes) is 4. The zero-order valence-corrected chi connectivity index (χ0v) is 20.1. The maximum absolute atomic E-state index is 13.3. The summed E-state index contributed by atoms with van der Waals surface area (Å²) in [6, 6.07) is 8.65. The Labute approximate surface area is 207 Å². The zero-order chi connectivity index (χ0) is 25.6. The molecule has 35 heavy (non-hydrogen) atoms. The second-order valence-corrected chi connectivity index (χ2v) is 8.75. The van der Waals surface area contributed by atoms with Gasteiger partial charge in [0.05, 0.1) is 17.7 Å². The highest BCUT2D eigenvalue weighted by atomic mass is 32.1. The second kappa shape index (κ2) is 11.6. The third-order valence-corrected chi connectivity index (χ3v) is 6.18. The average molecular weight is 510 g/mol. The van der Waals surface area contributed by atoms with E-state index in [1.54, 1.807) is 4.90 Å². The van der Waals surface area contributed by atoms with Gasteiger partial charge in [0.2, 0.25) is 5.91 Å². The molecule has 1 N–H and O–H groups in total. The van der Waals surface area contributed by atoms with Crippen LogP contribution >= 0.6 is 12.2 Å². The van der Waals surface area contributed by atoms with E-state index >= 15 is 0 Å². The summed E-state index contributed by atoms with van der Waals surface area (Å²) >= 11 is 5.51. The number of halogens is 4. The minimum atomic E-state index is -4.58. The highest BCUT2D eigenvalue weighted by Gasteiger charge is 2.44. The molecular formula is C25H27F4N3O2S. The van der Waals surface area contributed by atoms with Gasteiger partial charge in [0.25, 0.3) is 5.91 Å². The maximum Gasteiger partial charge on any atom is 0.416 e. The van der Waals surface area contributed by atoms with Crippen molar-refractivity contribution < 1.29 is 27.2 Å². The number of hydrogen-bond acceptors (Lipinski definition) is 3. The number of rotatable bonds is 10. The molecule has 188 valence electrons. The van der Waals surface area contributed by atoms with Crippen molar-refractivity contribution >= 4 is 40.5 Å². The summed E-state index contributed by atoms with van der Waals surface area (Å²) < 4.78 is 52.9. The summed E-state index contributed by atoms with van der Waals surface area (Å²) in [4.78, 5) is 28.7. The van der Waals surface area contributed by atoms with Gasteiger partial charge in [0.1, 0.15) is 11.9 Å². The van der Waals surface area contributed by atoms with Crippen LogP contribution in [0.3, 0.4) is 0 Å². The highest BCUT2D eigenvalue weighted by molar-refractivity contribution is 7.80. The molecule has 0 aromatic heterocycles. The van der Waals surface area contributed by atoms with Crippen molar-refractivity contribution in [3.8, 4) is 0 Å². The van der Waals surface area contributed by atoms with E-state index in [1.165, 1.54) is 36.4 Å². The van der Waals surface area contributed by atoms with Gasteiger partial charge < -0.3 is 10.2 Å². The van der Waals surface area contributed by atoms with Gasteiger partial charge in [-0.2, -0.15) is 13.2 Å². The number of anilines is 2. The molecule has 2 aromatic carbocycles. The molecule has 1 aliphatic rings. The van der Waals surface area contributed by atoms with E-state index in [-0.39, 0.29) is 17.2 Å². The summed E-state index contributed by atoms with van der Waals surface area (Å²) in [7, 11) is 0. The van der Waals surface area contributed by atoms with E-state index < -0.39 is 35.4 Å². The fraction of sp³-hybridized carbons (Fsp3) is 0.400. The Morgan fingerprint density at radius 2 is 1.74 bits per heavy atom. The molecule has 0 radical (unpaired) electrons. The number of benzene rings is 2. The monoisotopic (exact) mass is 509 g/mol. The van der Waals surface area contributed by atoms with Crippen LogP contribution in [0, 0.1) is 5.82 Å². The molecule has 10 heteroatoms. The first-order valence-electron chi connectivity index (χ1n) is 11.5. The first-order valence-corrected chi connectivity index (χ1v) is 11.9. The van der Waals surface area contributed by atoms with Gasteiger partial charge in [0.15, 0.2) is 5.11 Å². The van der Waals surface area contributed by atoms with E-state index in [0.29, 0.717) is 12.2 Å². The van der Waals surface area contributed by atoms with E-state index in [1.807, 2.05) is 0 Å². The summed E-state index contributed by atoms with van der Waals surface area (Å²) in [5.74, 6) is -1.50. The molecule has 0 spiro atoms. The van der Waals surface area contributed by atoms with Crippen LogP contribution in [0.25, 0.3) is 0 Å². The van der Waals surface area contributed by atoms with E-state index in [4.69, 9.17) is 12.2 Å². The third-order valence-electron chi connectivity index (χ3n) is 5.76. The molecule has 1 heterocycles. The molecule has 0 saturated carbocycles. The Balaban J connectivity index is 1.81. The van der Waals surface area contributed by atoms with Crippen molar-refractivity contribution in [3.05, 3.63) is 59.9 Å². The SMILES string of the molecule is CCCCCCCN1C(=S)N(c2cccc(C(F)(F)F)c2)C(=O)C1CC(=O)Nc1ccc(F)cc1. The van der Waals surface area contributed by atoms with Crippen molar-refractivity contribution in [1.82, 2.24) is 4.90 Å². The van der Waals surface area contributed by atoms with Crippen LogP contribution in [0.4, 0.5) is 28.9 Å². The van der Waals surface area contributed by atoms with E-state index in [9.17, 15) is 27.2 Å². The minimum absolute atomic E-state index is 0.00671. The quantitative estimate of drug-likeness (QED) is 0.237. The first-order chi connectivity index (χ1) is 16.6. The highest BCUT2D eigenvalue weighted by Crippen LogP contribution is 2.34. The van der Waals surface area contributed by atoms with Crippen LogP contribution in [-0.4, -0.2) is 34.4 Å². The van der Waals surface area contributed by atoms with Gasteiger partial charge in [-0.3, -0.25) is 14.5 Å². The Bertz CT molecular complexity index is 1060. The Morgan fingerprint density at radius 3 is 2.40 bits per heavy atom. The Morgan fingerprint density at radius 1 is 1.06 bits per heavy atom. The minimum Gasteiger partial charge on any atom is -0.336 e. The smallest absolute Gasteiger partial charge is 0.336 e. The molecule has 0 bridgehead atoms. The van der Waals surface area contributed by atoms with E-state index in [0.717, 1.165) is 49.1 Å². The van der Waals surface area contributed by atoms with Crippen molar-refractivity contribution in [3.63, 3.8) is 0 Å². The molecule has 5 nitrogen and oxygen atoms in total. The van der Waals surface area contributed by atoms with Crippen molar-refractivity contribution in [2.24, 2.45) is 0 Å². The van der Waals surface area contributed by atoms with Crippen LogP contribution in [-0.2, 0) is 15.8 Å². The number of nitrogens with zero attached hydrogens (tertiary/aromatic N) is 2. The van der Waals surface area contributed by atoms with Crippen LogP contribution in [0.5, 0.6) is 0 Å². The number of nitrogens with one attached hydrogen (secondary N) is 1. The summed E-state index contributed by atoms with van der Waals surface area (Å²) in [5, 5.41) is 2.70. The van der Waals surface area contributed by atoms with Crippen molar-refractivity contribution in [1.29, 1.82) is 0 Å². The first kappa shape index (κ1) is 26.6. The number of amides is 2. The molecule has 3 rings (SSSR count). The van der Waals surface area contributed by atoms with Crippen LogP contribution in [0.1, 0.15) is 51.0 Å². The van der Waals surface area contributed by atoms with Gasteiger partial charge in [-0.1, -0.05) is 38.7 Å². The number of carbonyl (C=O) groups is 2. The van der Waals surface area contributed by atoms with Gasteiger partial charge in [0, 0.05) is 12.2 Å². The van der Waals surface area contributed by atoms with Crippen LogP contribution < -0.4 is 10.2 Å². The Hall–Kier alpha value is -3.01. The predicted octanol–water partition coefficient (Wildman–Crippen LogP) is 6.15. The van der Waals surface area contributed by atoms with Gasteiger partial charge in [-0.15, -0.1) is 0 Å². The number of alkyl halides is 3. The molecule has 1 fully saturated rings. The van der Waals surface area contributed by atoms with Crippen LogP contribution in [0.15, 0.2) is 48.5 Å². The number of hydrogen-bond donors (Lipinski definition) is 1. The summed E-state index contributed by atoms with van der Waals surface area (Å²) in [5.41, 5.74) is -0.522. The fourth-order valence-electron chi connectivity index (χ4n) is 3.95. The molecule has 1 saturated heterocycles. The largest absolute Gasteiger partial charge is 0.416 e. The second-order valence-electron chi connectivity index (χ2n) is 8.39. The van der Waals surface area contributed by atoms with Gasteiger partial charge in [-0.25, -0.2) is 4.39 Å². The molecule has 1 unspecified atom stereocenters. The fourth-order valence-corrected chi connectivity index (χ4v) is 4.37. The molecule has 1 aliphatic heterocycles. The van der Waals surface area contributed by atoms with Crippen molar-refractivity contribution in [2.45, 2.75) is 57.7 Å². The predicted molar refractivity (Wildman–Crippen MR) is 130 cm³/mol. The molecular weight excluding hydrogens is 482 g/mol. The lowest BCUT2D eigenvalue weighted by Gasteiger charge is -2.24. The lowest BCUT2D eigenvalue weighted by Crippen LogP contribution is -2.38. The lowest BCUT2D eigenvalue weighted by atomic mass is 10.1. The molecule has 2 aromatic rings. The van der Waals surface area contributed by atoms with Gasteiger partial charge in [-0.05, 0) is 61.1 Å². The standard InChI is InChI=1S/C25H27F4N3O2S/c1-2-3-4-5-6-14-31-21(16-22(33)30-19-12-10-18(26)11-13-19)23(34)32(24(31)35)20-9-7-8-17(15-20)25(27,28)29/h7-13,15,21H,2-6,14,16H2,1H3,(H,30,33). The summed E-state index contributed by atoms with van der Waals surface area (Å²) in [6.45, 7) is 2.50. The van der Waals surface area contributed by atoms with Gasteiger partial charge >= 0.3 is 6.18 Å². The zero-order valence-electron chi connectivity index (χ0n) is 19.3. The third kappa shape index (κ3) is 6.78. The average Bonchev–Trinajstić information content (AvgIpc) is 3.03. The number of thiocarbonyl (C=S) groups is 1. The topological polar surface area (TPSA) is 52.7 Å². The Kier molecular flexibility index (Phi) is 8.82. The summed E-state index contributed by atoms with van der Waals surface area (Å²) in [6.07, 6.45) is -0.0504. The maximum atomic E-state index is 13.3. The van der Waals surface area contributed by atoms with Crippen molar-refractivity contribution in [2.75, 3.05) is 16.8 Å². The van der Waals surface area contributed by atoms with E-state index in [2.05, 4.69) is 12.2 Å². The molecule has 1 atom stereocenters. The molecule has 0 aliphatic carbocycles. The van der Waals surface area contributed by atoms with Crippen LogP contribution in [0.2, 0.25) is 0 Å². The molecule has 2 amide bonds. The lowest BCUT2D eigenvalue weighted by molar-refractivity contribution is -0.137. The number of carbonyl (C=O) groups excluding carboxylic acids is 2.